The average Bonchev–Trinajstić information content (AvgIpc) is 3.13. The number of aromatic nitrogens is 2. The molecule has 0 saturated heterocycles. The fourth-order valence-corrected chi connectivity index (χ4v) is 2.98. The van der Waals surface area contributed by atoms with Gasteiger partial charge in [-0.15, -0.1) is 0 Å². The summed E-state index contributed by atoms with van der Waals surface area (Å²) in [7, 11) is 3.89. The summed E-state index contributed by atoms with van der Waals surface area (Å²) in [6.45, 7) is 1.40. The van der Waals surface area contributed by atoms with Crippen LogP contribution in [0.1, 0.15) is 12.0 Å². The zero-order valence-electron chi connectivity index (χ0n) is 16.2. The lowest BCUT2D eigenvalue weighted by Gasteiger charge is -2.09. The number of hydroxylamine groups is 1. The van der Waals surface area contributed by atoms with E-state index in [2.05, 4.69) is 20.3 Å². The first-order valence-electron chi connectivity index (χ1n) is 9.00. The second-order valence-electron chi connectivity index (χ2n) is 6.78. The fourth-order valence-electron chi connectivity index (χ4n) is 2.80. The van der Waals surface area contributed by atoms with Gasteiger partial charge in [0.1, 0.15) is 11.3 Å². The predicted octanol–water partition coefficient (Wildman–Crippen LogP) is 4.05. The highest BCUT2D eigenvalue weighted by Crippen LogP contribution is 2.27. The topological polar surface area (TPSA) is 88.6 Å². The number of rotatable bonds is 7. The maximum absolute atomic E-state index is 14.3. The number of hydrogen-bond donors (Lipinski definition) is 4. The molecule has 3 rings (SSSR count). The van der Waals surface area contributed by atoms with Crippen LogP contribution in [0.4, 0.5) is 24.8 Å². The molecular formula is C19H20ClF3N6O. The van der Waals surface area contributed by atoms with Crippen molar-refractivity contribution in [2.45, 2.75) is 6.42 Å². The Balaban J connectivity index is 1.99. The summed E-state index contributed by atoms with van der Waals surface area (Å²) in [5.41, 5.74) is 1.96. The van der Waals surface area contributed by atoms with E-state index in [0.717, 1.165) is 25.1 Å². The number of imidazole rings is 1. The van der Waals surface area contributed by atoms with E-state index in [9.17, 15) is 18.4 Å². The van der Waals surface area contributed by atoms with Crippen LogP contribution >= 0.6 is 11.6 Å². The highest BCUT2D eigenvalue weighted by atomic mass is 35.5. The molecule has 0 fully saturated rings. The van der Waals surface area contributed by atoms with Gasteiger partial charge >= 0.3 is 0 Å². The Morgan fingerprint density at radius 3 is 2.67 bits per heavy atom. The highest BCUT2D eigenvalue weighted by molar-refractivity contribution is 6.31. The molecule has 4 N–H and O–H groups in total. The van der Waals surface area contributed by atoms with E-state index in [1.54, 1.807) is 0 Å². The maximum atomic E-state index is 14.3. The molecule has 0 aliphatic rings. The van der Waals surface area contributed by atoms with Gasteiger partial charge in [0.15, 0.2) is 17.5 Å². The van der Waals surface area contributed by atoms with Gasteiger partial charge in [0, 0.05) is 12.1 Å². The number of aromatic amines is 1. The first-order chi connectivity index (χ1) is 14.3. The number of amidine groups is 1. The molecule has 160 valence electrons. The highest BCUT2D eigenvalue weighted by Gasteiger charge is 2.20. The van der Waals surface area contributed by atoms with Gasteiger partial charge < -0.3 is 15.2 Å². The van der Waals surface area contributed by atoms with E-state index in [-0.39, 0.29) is 39.1 Å². The zero-order chi connectivity index (χ0) is 21.8. The van der Waals surface area contributed by atoms with Gasteiger partial charge in [-0.1, -0.05) is 11.6 Å². The Labute approximate surface area is 175 Å². The quantitative estimate of drug-likeness (QED) is 0.193. The van der Waals surface area contributed by atoms with Crippen LogP contribution in [0.25, 0.3) is 11.0 Å². The summed E-state index contributed by atoms with van der Waals surface area (Å²) in [5.74, 6) is -2.89. The summed E-state index contributed by atoms with van der Waals surface area (Å²) in [6.07, 6.45) is 0.809. The van der Waals surface area contributed by atoms with Crippen molar-refractivity contribution < 1.29 is 18.4 Å². The average molecular weight is 441 g/mol. The molecule has 30 heavy (non-hydrogen) atoms. The van der Waals surface area contributed by atoms with Crippen molar-refractivity contribution in [3.63, 3.8) is 0 Å². The standard InChI is InChI=1S/C19H20ClF3N6O/c1-29(2)7-3-6-24-19-26-16-11(9-14(22)15(23)17(16)27-19)18(28-30)25-10-4-5-13(21)12(20)8-10/h4-5,8-9,30H,3,6-7H2,1-2H3,(H,25,28)(H2,24,26,27). The van der Waals surface area contributed by atoms with E-state index in [4.69, 9.17) is 11.6 Å². The Hall–Kier alpha value is -2.82. The van der Waals surface area contributed by atoms with Gasteiger partial charge in [-0.3, -0.25) is 10.7 Å². The molecule has 0 spiro atoms. The number of halogens is 4. The molecule has 0 saturated carbocycles. The van der Waals surface area contributed by atoms with E-state index in [0.29, 0.717) is 6.54 Å². The normalized spacial score (nSPS) is 12.1. The lowest BCUT2D eigenvalue weighted by Crippen LogP contribution is -2.21. The first-order valence-corrected chi connectivity index (χ1v) is 9.38. The van der Waals surface area contributed by atoms with Gasteiger partial charge in [0.25, 0.3) is 0 Å². The van der Waals surface area contributed by atoms with Gasteiger partial charge in [-0.25, -0.2) is 23.1 Å². The van der Waals surface area contributed by atoms with E-state index in [1.165, 1.54) is 12.1 Å². The van der Waals surface area contributed by atoms with Gasteiger partial charge in [0.05, 0.1) is 16.2 Å². The summed E-state index contributed by atoms with van der Waals surface area (Å²) in [5, 5.41) is 12.4. The molecule has 1 heterocycles. The number of aliphatic imine (C=N–C) groups is 1. The van der Waals surface area contributed by atoms with Crippen LogP contribution in [0, 0.1) is 17.5 Å². The van der Waals surface area contributed by atoms with Crippen molar-refractivity contribution in [2.75, 3.05) is 32.5 Å². The third kappa shape index (κ3) is 4.84. The smallest absolute Gasteiger partial charge is 0.201 e. The van der Waals surface area contributed by atoms with Gasteiger partial charge in [-0.2, -0.15) is 0 Å². The van der Waals surface area contributed by atoms with Crippen molar-refractivity contribution in [1.82, 2.24) is 20.3 Å². The maximum Gasteiger partial charge on any atom is 0.201 e. The van der Waals surface area contributed by atoms with Gasteiger partial charge in [0.2, 0.25) is 5.95 Å². The molecule has 3 aromatic rings. The molecule has 0 atom stereocenters. The van der Waals surface area contributed by atoms with Gasteiger partial charge in [-0.05, 0) is 51.3 Å². The molecule has 0 aliphatic heterocycles. The Bertz CT molecular complexity index is 1090. The summed E-state index contributed by atoms with van der Waals surface area (Å²) >= 11 is 5.75. The molecule has 0 radical (unpaired) electrons. The molecule has 2 aromatic carbocycles. The summed E-state index contributed by atoms with van der Waals surface area (Å²) in [4.78, 5) is 13.1. The first kappa shape index (κ1) is 21.9. The largest absolute Gasteiger partial charge is 0.356 e. The third-order valence-electron chi connectivity index (χ3n) is 4.24. The second kappa shape index (κ2) is 9.33. The molecule has 11 heteroatoms. The Morgan fingerprint density at radius 2 is 2.00 bits per heavy atom. The van der Waals surface area contributed by atoms with Crippen LogP contribution in [0.15, 0.2) is 29.3 Å². The van der Waals surface area contributed by atoms with Crippen molar-refractivity contribution >= 4 is 40.1 Å². The lowest BCUT2D eigenvalue weighted by molar-refractivity contribution is 0.235. The second-order valence-corrected chi connectivity index (χ2v) is 7.19. The van der Waals surface area contributed by atoms with Crippen molar-refractivity contribution in [3.05, 3.63) is 52.3 Å². The van der Waals surface area contributed by atoms with Crippen LogP contribution in [-0.4, -0.2) is 53.1 Å². The Morgan fingerprint density at radius 1 is 1.23 bits per heavy atom. The molecular weight excluding hydrogens is 421 g/mol. The molecule has 7 nitrogen and oxygen atoms in total. The third-order valence-corrected chi connectivity index (χ3v) is 4.53. The van der Waals surface area contributed by atoms with Crippen molar-refractivity contribution in [2.24, 2.45) is 4.99 Å². The SMILES string of the molecule is CN(C)CCCNc1nc2c(F)c(F)cc(C(=Nc3ccc(F)c(Cl)c3)NO)c2[nH]1. The van der Waals surface area contributed by atoms with E-state index >= 15 is 0 Å². The van der Waals surface area contributed by atoms with Crippen LogP contribution in [0.3, 0.4) is 0 Å². The van der Waals surface area contributed by atoms with Crippen molar-refractivity contribution in [1.29, 1.82) is 0 Å². The van der Waals surface area contributed by atoms with Crippen LogP contribution in [-0.2, 0) is 0 Å². The Kier molecular flexibility index (Phi) is 6.80. The number of nitrogens with one attached hydrogen (secondary N) is 3. The summed E-state index contributed by atoms with van der Waals surface area (Å²) in [6, 6.07) is 4.53. The lowest BCUT2D eigenvalue weighted by atomic mass is 10.1. The molecule has 0 amide bonds. The van der Waals surface area contributed by atoms with Crippen molar-refractivity contribution in [3.8, 4) is 0 Å². The van der Waals surface area contributed by atoms with Crippen LogP contribution < -0.4 is 10.8 Å². The number of benzene rings is 2. The minimum absolute atomic E-state index is 0.0284. The van der Waals surface area contributed by atoms with E-state index in [1.807, 2.05) is 24.5 Å². The zero-order valence-corrected chi connectivity index (χ0v) is 17.0. The predicted molar refractivity (Wildman–Crippen MR) is 110 cm³/mol. The number of H-pyrrole nitrogens is 1. The number of fused-ring (bicyclic) bond motifs is 1. The summed E-state index contributed by atoms with van der Waals surface area (Å²) < 4.78 is 41.8. The monoisotopic (exact) mass is 440 g/mol. The fraction of sp³-hybridized carbons (Fsp3) is 0.263. The minimum atomic E-state index is -1.16. The molecule has 1 aromatic heterocycles. The molecule has 0 aliphatic carbocycles. The van der Waals surface area contributed by atoms with E-state index < -0.39 is 17.5 Å². The minimum Gasteiger partial charge on any atom is -0.356 e. The molecule has 0 bridgehead atoms. The number of anilines is 1. The number of nitrogens with zero attached hydrogens (tertiary/aromatic N) is 3. The number of hydrogen-bond acceptors (Lipinski definition) is 5. The molecule has 0 unspecified atom stereocenters. The van der Waals surface area contributed by atoms with Crippen LogP contribution in [0.2, 0.25) is 5.02 Å². The van der Waals surface area contributed by atoms with Crippen LogP contribution in [0.5, 0.6) is 0 Å².